The second-order valence-corrected chi connectivity index (χ2v) is 9.14. The number of likely N-dealkylation sites (tertiary alicyclic amines) is 1. The molecule has 4 rings (SSSR count). The highest BCUT2D eigenvalue weighted by atomic mass is 16.2. The minimum atomic E-state index is 0.0403. The molecule has 2 aromatic rings. The molecule has 0 saturated carbocycles. The highest BCUT2D eigenvalue weighted by Gasteiger charge is 2.24. The van der Waals surface area contributed by atoms with Crippen LogP contribution in [0.2, 0.25) is 0 Å². The van der Waals surface area contributed by atoms with Gasteiger partial charge in [0.05, 0.1) is 5.52 Å². The molecule has 3 heterocycles. The molecule has 2 aliphatic heterocycles. The zero-order valence-electron chi connectivity index (χ0n) is 19.2. The number of amides is 1. The van der Waals surface area contributed by atoms with Crippen LogP contribution in [0.1, 0.15) is 33.6 Å². The van der Waals surface area contributed by atoms with Crippen LogP contribution in [-0.2, 0) is 4.79 Å². The maximum absolute atomic E-state index is 12.4. The molecule has 2 saturated heterocycles. The molecule has 2 aliphatic rings. The summed E-state index contributed by atoms with van der Waals surface area (Å²) in [7, 11) is 0. The summed E-state index contributed by atoms with van der Waals surface area (Å²) in [5, 5.41) is 4.71. The summed E-state index contributed by atoms with van der Waals surface area (Å²) in [6.45, 7) is 13.8. The first-order valence-electron chi connectivity index (χ1n) is 11.8. The predicted octanol–water partition coefficient (Wildman–Crippen LogP) is 3.08. The van der Waals surface area contributed by atoms with Crippen LogP contribution in [0.5, 0.6) is 0 Å². The Morgan fingerprint density at radius 2 is 1.97 bits per heavy atom. The van der Waals surface area contributed by atoms with Crippen LogP contribution in [0.25, 0.3) is 10.9 Å². The molecule has 1 amide bonds. The number of carbonyl (C=O) groups excluding carboxylic acids is 1. The molecular formula is C24H36N6O. The van der Waals surface area contributed by atoms with E-state index in [0.717, 1.165) is 74.9 Å². The molecular weight excluding hydrogens is 388 g/mol. The van der Waals surface area contributed by atoms with E-state index in [-0.39, 0.29) is 11.8 Å². The number of anilines is 2. The van der Waals surface area contributed by atoms with Crippen LogP contribution in [0, 0.1) is 11.8 Å². The van der Waals surface area contributed by atoms with E-state index >= 15 is 0 Å². The molecule has 1 N–H and O–H groups in total. The summed E-state index contributed by atoms with van der Waals surface area (Å²) in [6, 6.07) is 8.24. The molecule has 7 nitrogen and oxygen atoms in total. The maximum atomic E-state index is 12.4. The average Bonchev–Trinajstić information content (AvgIpc) is 3.11. The lowest BCUT2D eigenvalue weighted by Gasteiger charge is -2.24. The molecule has 7 heteroatoms. The minimum Gasteiger partial charge on any atom is -0.369 e. The predicted molar refractivity (Wildman–Crippen MR) is 126 cm³/mol. The first-order valence-corrected chi connectivity index (χ1v) is 11.8. The topological polar surface area (TPSA) is 64.6 Å². The van der Waals surface area contributed by atoms with Gasteiger partial charge in [0.25, 0.3) is 0 Å². The fraction of sp³-hybridized carbons (Fsp3) is 0.625. The average molecular weight is 425 g/mol. The van der Waals surface area contributed by atoms with Crippen LogP contribution in [0.3, 0.4) is 0 Å². The van der Waals surface area contributed by atoms with Crippen molar-refractivity contribution in [1.82, 2.24) is 19.8 Å². The molecule has 1 aromatic carbocycles. The third kappa shape index (κ3) is 5.09. The van der Waals surface area contributed by atoms with Crippen LogP contribution >= 0.6 is 0 Å². The molecule has 168 valence electrons. The summed E-state index contributed by atoms with van der Waals surface area (Å²) in [4.78, 5) is 29.0. The minimum absolute atomic E-state index is 0.0403. The van der Waals surface area contributed by atoms with E-state index in [9.17, 15) is 4.79 Å². The summed E-state index contributed by atoms with van der Waals surface area (Å²) in [6.07, 6.45) is 2.18. The number of aromatic nitrogens is 2. The van der Waals surface area contributed by atoms with Gasteiger partial charge in [0.1, 0.15) is 5.82 Å². The Bertz CT molecular complexity index is 901. The fourth-order valence-corrected chi connectivity index (χ4v) is 4.65. The molecule has 2 fully saturated rings. The third-order valence-electron chi connectivity index (χ3n) is 6.55. The second kappa shape index (κ2) is 9.81. The summed E-state index contributed by atoms with van der Waals surface area (Å²) < 4.78 is 0. The monoisotopic (exact) mass is 424 g/mol. The largest absolute Gasteiger partial charge is 0.369 e. The summed E-state index contributed by atoms with van der Waals surface area (Å²) in [5.74, 6) is 2.63. The number of para-hydroxylation sites is 1. The highest BCUT2D eigenvalue weighted by Crippen LogP contribution is 2.25. The van der Waals surface area contributed by atoms with Crippen molar-refractivity contribution in [2.75, 3.05) is 62.6 Å². The number of nitrogens with zero attached hydrogens (tertiary/aromatic N) is 5. The van der Waals surface area contributed by atoms with E-state index in [4.69, 9.17) is 9.97 Å². The Morgan fingerprint density at radius 1 is 1.13 bits per heavy atom. The lowest BCUT2D eigenvalue weighted by Crippen LogP contribution is -2.37. The fourth-order valence-electron chi connectivity index (χ4n) is 4.65. The molecule has 31 heavy (non-hydrogen) atoms. The number of hydrogen-bond donors (Lipinski definition) is 1. The van der Waals surface area contributed by atoms with Gasteiger partial charge in [0.2, 0.25) is 11.9 Å². The van der Waals surface area contributed by atoms with Crippen molar-refractivity contribution in [3.63, 3.8) is 0 Å². The lowest BCUT2D eigenvalue weighted by atomic mass is 10.1. The SMILES string of the molecule is CCN1CCC(CNc2nc(N3CCCN(C(=O)C(C)C)CC3)nc3ccccc23)C1. The van der Waals surface area contributed by atoms with Gasteiger partial charge >= 0.3 is 0 Å². The summed E-state index contributed by atoms with van der Waals surface area (Å²) >= 11 is 0. The Kier molecular flexibility index (Phi) is 6.90. The lowest BCUT2D eigenvalue weighted by molar-refractivity contribution is -0.134. The van der Waals surface area contributed by atoms with Gasteiger partial charge < -0.3 is 20.0 Å². The first kappa shape index (κ1) is 21.8. The Balaban J connectivity index is 1.51. The Labute approximate surface area is 185 Å². The van der Waals surface area contributed by atoms with Crippen molar-refractivity contribution in [3.8, 4) is 0 Å². The first-order chi connectivity index (χ1) is 15.0. The molecule has 1 aromatic heterocycles. The van der Waals surface area contributed by atoms with Crippen LogP contribution < -0.4 is 10.2 Å². The molecule has 0 bridgehead atoms. The van der Waals surface area contributed by atoms with Gasteiger partial charge in [-0.3, -0.25) is 4.79 Å². The number of carbonyl (C=O) groups is 1. The van der Waals surface area contributed by atoms with E-state index in [1.807, 2.05) is 30.9 Å². The van der Waals surface area contributed by atoms with Crippen LogP contribution in [0.15, 0.2) is 24.3 Å². The van der Waals surface area contributed by atoms with E-state index in [1.54, 1.807) is 0 Å². The van der Waals surface area contributed by atoms with Gasteiger partial charge in [-0.1, -0.05) is 32.9 Å². The standard InChI is InChI=1S/C24H36N6O/c1-4-28-13-10-19(17-28)16-25-22-20-8-5-6-9-21(20)26-24(27-22)30-12-7-11-29(14-15-30)23(31)18(2)3/h5-6,8-9,18-19H,4,7,10-17H2,1-3H3,(H,25,26,27). The molecule has 0 aliphatic carbocycles. The number of nitrogens with one attached hydrogen (secondary N) is 1. The number of fused-ring (bicyclic) bond motifs is 1. The molecule has 0 spiro atoms. The summed E-state index contributed by atoms with van der Waals surface area (Å²) in [5.41, 5.74) is 0.968. The quantitative estimate of drug-likeness (QED) is 0.769. The molecule has 1 atom stereocenters. The van der Waals surface area contributed by atoms with Gasteiger partial charge in [-0.2, -0.15) is 4.98 Å². The van der Waals surface area contributed by atoms with Crippen molar-refractivity contribution in [3.05, 3.63) is 24.3 Å². The van der Waals surface area contributed by atoms with Gasteiger partial charge in [-0.25, -0.2) is 4.98 Å². The smallest absolute Gasteiger partial charge is 0.227 e. The maximum Gasteiger partial charge on any atom is 0.227 e. The van der Waals surface area contributed by atoms with Crippen molar-refractivity contribution in [1.29, 1.82) is 0 Å². The van der Waals surface area contributed by atoms with Crippen LogP contribution in [0.4, 0.5) is 11.8 Å². The van der Waals surface area contributed by atoms with E-state index in [0.29, 0.717) is 5.92 Å². The number of benzene rings is 1. The molecule has 1 unspecified atom stereocenters. The zero-order chi connectivity index (χ0) is 21.8. The van der Waals surface area contributed by atoms with Crippen molar-refractivity contribution in [2.24, 2.45) is 11.8 Å². The third-order valence-corrected chi connectivity index (χ3v) is 6.55. The van der Waals surface area contributed by atoms with E-state index in [1.165, 1.54) is 13.0 Å². The zero-order valence-corrected chi connectivity index (χ0v) is 19.2. The Hall–Kier alpha value is -2.41. The van der Waals surface area contributed by atoms with Crippen molar-refractivity contribution < 1.29 is 4.79 Å². The van der Waals surface area contributed by atoms with Gasteiger partial charge in [0.15, 0.2) is 0 Å². The number of rotatable bonds is 6. The second-order valence-electron chi connectivity index (χ2n) is 9.14. The van der Waals surface area contributed by atoms with E-state index in [2.05, 4.69) is 34.2 Å². The number of hydrogen-bond acceptors (Lipinski definition) is 6. The molecule has 0 radical (unpaired) electrons. The van der Waals surface area contributed by atoms with Gasteiger partial charge in [-0.05, 0) is 44.0 Å². The van der Waals surface area contributed by atoms with E-state index < -0.39 is 0 Å². The Morgan fingerprint density at radius 3 is 2.74 bits per heavy atom. The van der Waals surface area contributed by atoms with Crippen LogP contribution in [-0.4, -0.2) is 78.0 Å². The normalized spacial score (nSPS) is 20.5. The van der Waals surface area contributed by atoms with Gasteiger partial charge in [0, 0.05) is 50.6 Å². The highest BCUT2D eigenvalue weighted by molar-refractivity contribution is 5.90. The van der Waals surface area contributed by atoms with Gasteiger partial charge in [-0.15, -0.1) is 0 Å². The van der Waals surface area contributed by atoms with Crippen molar-refractivity contribution >= 4 is 28.6 Å². The van der Waals surface area contributed by atoms with Crippen molar-refractivity contribution in [2.45, 2.75) is 33.6 Å².